The van der Waals surface area contributed by atoms with Gasteiger partial charge in [-0.25, -0.2) is 0 Å². The van der Waals surface area contributed by atoms with Crippen molar-refractivity contribution < 1.29 is 4.74 Å². The fourth-order valence-corrected chi connectivity index (χ4v) is 2.97. The van der Waals surface area contributed by atoms with E-state index in [0.29, 0.717) is 12.0 Å². The van der Waals surface area contributed by atoms with Gasteiger partial charge in [-0.1, -0.05) is 12.1 Å². The van der Waals surface area contributed by atoms with Crippen molar-refractivity contribution in [1.29, 1.82) is 0 Å². The molecule has 2 N–H and O–H groups in total. The van der Waals surface area contributed by atoms with E-state index in [4.69, 9.17) is 10.5 Å². The van der Waals surface area contributed by atoms with Gasteiger partial charge >= 0.3 is 0 Å². The average molecular weight is 275 g/mol. The number of nitrogens with two attached hydrogens (primary N) is 1. The van der Waals surface area contributed by atoms with E-state index in [1.54, 1.807) is 7.11 Å². The number of guanidine groups is 1. The van der Waals surface area contributed by atoms with Crippen LogP contribution in [0, 0.1) is 0 Å². The molecule has 1 aliphatic rings. The van der Waals surface area contributed by atoms with Crippen molar-refractivity contribution in [2.75, 3.05) is 13.7 Å². The number of nitrogens with zero attached hydrogens (tertiary/aromatic N) is 2. The van der Waals surface area contributed by atoms with Crippen LogP contribution < -0.4 is 10.5 Å². The molecule has 0 bridgehead atoms. The highest BCUT2D eigenvalue weighted by Gasteiger charge is 2.38. The van der Waals surface area contributed by atoms with Crippen LogP contribution in [0.15, 0.2) is 29.3 Å². The number of hydrogen-bond acceptors (Lipinski definition) is 4. The number of rotatable bonds is 5. The Morgan fingerprint density at radius 1 is 1.35 bits per heavy atom. The van der Waals surface area contributed by atoms with Crippen LogP contribution in [0.1, 0.15) is 32.8 Å². The monoisotopic (exact) mass is 275 g/mol. The molecule has 0 aliphatic carbocycles. The average Bonchev–Trinajstić information content (AvgIpc) is 2.73. The van der Waals surface area contributed by atoms with Crippen molar-refractivity contribution in [3.63, 3.8) is 0 Å². The third-order valence-electron chi connectivity index (χ3n) is 4.04. The van der Waals surface area contributed by atoms with E-state index in [2.05, 4.69) is 42.8 Å². The lowest BCUT2D eigenvalue weighted by Gasteiger charge is -2.39. The summed E-state index contributed by atoms with van der Waals surface area (Å²) >= 11 is 0. The van der Waals surface area contributed by atoms with Crippen LogP contribution in [-0.4, -0.2) is 36.1 Å². The van der Waals surface area contributed by atoms with Gasteiger partial charge in [0.15, 0.2) is 5.96 Å². The van der Waals surface area contributed by atoms with E-state index in [1.807, 2.05) is 12.1 Å². The summed E-state index contributed by atoms with van der Waals surface area (Å²) in [6, 6.07) is 8.65. The minimum absolute atomic E-state index is 0.0260. The molecule has 110 valence electrons. The van der Waals surface area contributed by atoms with Crippen LogP contribution in [0.25, 0.3) is 0 Å². The van der Waals surface area contributed by atoms with E-state index < -0.39 is 0 Å². The van der Waals surface area contributed by atoms with Gasteiger partial charge in [0.1, 0.15) is 5.75 Å². The fraction of sp³-hybridized carbons (Fsp3) is 0.562. The second kappa shape index (κ2) is 5.73. The summed E-state index contributed by atoms with van der Waals surface area (Å²) in [5.41, 5.74) is 7.37. The maximum Gasteiger partial charge on any atom is 0.192 e. The molecule has 1 atom stereocenters. The first-order chi connectivity index (χ1) is 9.46. The maximum absolute atomic E-state index is 6.02. The van der Waals surface area contributed by atoms with Gasteiger partial charge in [-0.15, -0.1) is 0 Å². The van der Waals surface area contributed by atoms with Gasteiger partial charge in [0.05, 0.1) is 19.2 Å². The molecule has 1 aromatic carbocycles. The normalized spacial score (nSPS) is 22.2. The summed E-state index contributed by atoms with van der Waals surface area (Å²) < 4.78 is 5.19. The van der Waals surface area contributed by atoms with Gasteiger partial charge in [-0.05, 0) is 51.3 Å². The number of benzene rings is 1. The second-order valence-corrected chi connectivity index (χ2v) is 5.98. The third kappa shape index (κ3) is 2.89. The van der Waals surface area contributed by atoms with Gasteiger partial charge in [0.2, 0.25) is 0 Å². The predicted octanol–water partition coefficient (Wildman–Crippen LogP) is 2.43. The minimum atomic E-state index is 0.0260. The van der Waals surface area contributed by atoms with Crippen LogP contribution in [0.5, 0.6) is 5.75 Å². The number of aliphatic imine (C=N–C) groups is 1. The Morgan fingerprint density at radius 3 is 2.55 bits per heavy atom. The number of ether oxygens (including phenoxy) is 1. The van der Waals surface area contributed by atoms with Gasteiger partial charge in [0, 0.05) is 6.04 Å². The SMILES string of the molecule is COc1ccc(CCC2(C)CN=C(N)N2C(C)C)cc1. The largest absolute Gasteiger partial charge is 0.497 e. The van der Waals surface area contributed by atoms with Crippen LogP contribution in [0.4, 0.5) is 0 Å². The molecular formula is C16H25N3O. The molecule has 0 aromatic heterocycles. The third-order valence-corrected chi connectivity index (χ3v) is 4.04. The Morgan fingerprint density at radius 2 is 2.00 bits per heavy atom. The molecule has 1 heterocycles. The molecule has 0 amide bonds. The molecular weight excluding hydrogens is 250 g/mol. The highest BCUT2D eigenvalue weighted by molar-refractivity contribution is 5.81. The minimum Gasteiger partial charge on any atom is -0.497 e. The molecule has 20 heavy (non-hydrogen) atoms. The zero-order valence-corrected chi connectivity index (χ0v) is 12.9. The van der Waals surface area contributed by atoms with Crippen molar-refractivity contribution in [1.82, 2.24) is 4.90 Å². The Hall–Kier alpha value is -1.71. The van der Waals surface area contributed by atoms with Gasteiger partial charge in [-0.2, -0.15) is 0 Å². The van der Waals surface area contributed by atoms with E-state index >= 15 is 0 Å². The molecule has 1 aliphatic heterocycles. The van der Waals surface area contributed by atoms with E-state index in [9.17, 15) is 0 Å². The zero-order chi connectivity index (χ0) is 14.8. The van der Waals surface area contributed by atoms with Crippen molar-refractivity contribution in [2.45, 2.75) is 45.2 Å². The van der Waals surface area contributed by atoms with Crippen molar-refractivity contribution in [3.05, 3.63) is 29.8 Å². The lowest BCUT2D eigenvalue weighted by Crippen LogP contribution is -2.53. The van der Waals surface area contributed by atoms with Crippen molar-refractivity contribution in [2.24, 2.45) is 10.7 Å². The molecule has 0 spiro atoms. The lowest BCUT2D eigenvalue weighted by atomic mass is 9.91. The summed E-state index contributed by atoms with van der Waals surface area (Å²) in [6.45, 7) is 7.37. The Labute approximate surface area is 121 Å². The molecule has 4 nitrogen and oxygen atoms in total. The van der Waals surface area contributed by atoms with Crippen molar-refractivity contribution in [3.8, 4) is 5.75 Å². The Balaban J connectivity index is 2.02. The number of hydrogen-bond donors (Lipinski definition) is 1. The van der Waals surface area contributed by atoms with Gasteiger partial charge in [-0.3, -0.25) is 4.99 Å². The van der Waals surface area contributed by atoms with Crippen LogP contribution in [-0.2, 0) is 6.42 Å². The standard InChI is InChI=1S/C16H25N3O/c1-12(2)19-15(17)18-11-16(19,3)10-9-13-5-7-14(20-4)8-6-13/h5-8,12H,9-11H2,1-4H3,(H2,17,18). The smallest absolute Gasteiger partial charge is 0.192 e. The van der Waals surface area contributed by atoms with Gasteiger partial charge in [0.25, 0.3) is 0 Å². The fourth-order valence-electron chi connectivity index (χ4n) is 2.97. The molecule has 0 saturated heterocycles. The van der Waals surface area contributed by atoms with E-state index in [-0.39, 0.29) is 5.54 Å². The summed E-state index contributed by atoms with van der Waals surface area (Å²) in [4.78, 5) is 6.68. The summed E-state index contributed by atoms with van der Waals surface area (Å²) in [5, 5.41) is 0. The van der Waals surface area contributed by atoms with Gasteiger partial charge < -0.3 is 15.4 Å². The quantitative estimate of drug-likeness (QED) is 0.898. The predicted molar refractivity (Wildman–Crippen MR) is 83.2 cm³/mol. The Kier molecular flexibility index (Phi) is 4.21. The molecule has 1 aromatic rings. The molecule has 2 rings (SSSR count). The maximum atomic E-state index is 6.02. The first-order valence-corrected chi connectivity index (χ1v) is 7.18. The molecule has 0 fully saturated rings. The topological polar surface area (TPSA) is 50.9 Å². The highest BCUT2D eigenvalue weighted by atomic mass is 16.5. The molecule has 0 saturated carbocycles. The lowest BCUT2D eigenvalue weighted by molar-refractivity contribution is 0.172. The summed E-state index contributed by atoms with van der Waals surface area (Å²) in [5.74, 6) is 1.58. The summed E-state index contributed by atoms with van der Waals surface area (Å²) in [7, 11) is 1.69. The van der Waals surface area contributed by atoms with E-state index in [0.717, 1.165) is 25.1 Å². The Bertz CT molecular complexity index is 481. The highest BCUT2D eigenvalue weighted by Crippen LogP contribution is 2.29. The first kappa shape index (κ1) is 14.7. The van der Waals surface area contributed by atoms with E-state index in [1.165, 1.54) is 5.56 Å². The molecule has 1 unspecified atom stereocenters. The van der Waals surface area contributed by atoms with Crippen LogP contribution in [0.3, 0.4) is 0 Å². The second-order valence-electron chi connectivity index (χ2n) is 5.98. The van der Waals surface area contributed by atoms with Crippen LogP contribution in [0.2, 0.25) is 0 Å². The van der Waals surface area contributed by atoms with Crippen LogP contribution >= 0.6 is 0 Å². The van der Waals surface area contributed by atoms with Crippen molar-refractivity contribution >= 4 is 5.96 Å². The molecule has 4 heteroatoms. The zero-order valence-electron chi connectivity index (χ0n) is 12.9. The summed E-state index contributed by atoms with van der Waals surface area (Å²) in [6.07, 6.45) is 2.06. The number of aryl methyl sites for hydroxylation is 1. The molecule has 0 radical (unpaired) electrons. The number of methoxy groups -OCH3 is 1. The first-order valence-electron chi connectivity index (χ1n) is 7.18.